The molecule has 5 heteroatoms. The maximum absolute atomic E-state index is 11.9. The molecule has 0 saturated carbocycles. The van der Waals surface area contributed by atoms with E-state index in [4.69, 9.17) is 4.74 Å². The summed E-state index contributed by atoms with van der Waals surface area (Å²) in [6, 6.07) is 0. The highest BCUT2D eigenvalue weighted by Gasteiger charge is 2.35. The van der Waals surface area contributed by atoms with Gasteiger partial charge in [0.1, 0.15) is 5.60 Å². The van der Waals surface area contributed by atoms with Gasteiger partial charge >= 0.3 is 6.09 Å². The molecule has 2 fully saturated rings. The molecule has 0 aromatic heterocycles. The van der Waals surface area contributed by atoms with E-state index in [0.29, 0.717) is 24.9 Å². The molecular weight excluding hydrogens is 244 g/mol. The minimum Gasteiger partial charge on any atom is -0.444 e. The predicted octanol–water partition coefficient (Wildman–Crippen LogP) is 1.21. The fourth-order valence-electron chi connectivity index (χ4n) is 2.69. The highest BCUT2D eigenvalue weighted by molar-refractivity contribution is 5.68. The van der Waals surface area contributed by atoms with Gasteiger partial charge in [-0.25, -0.2) is 4.79 Å². The minimum absolute atomic E-state index is 0.220. The molecule has 0 aromatic rings. The first-order valence-electron chi connectivity index (χ1n) is 7.23. The van der Waals surface area contributed by atoms with Gasteiger partial charge in [-0.1, -0.05) is 0 Å². The second kappa shape index (κ2) is 5.67. The highest BCUT2D eigenvalue weighted by Crippen LogP contribution is 2.27. The number of aliphatic hydroxyl groups excluding tert-OH is 1. The van der Waals surface area contributed by atoms with Gasteiger partial charge in [0.05, 0.1) is 6.10 Å². The van der Waals surface area contributed by atoms with Gasteiger partial charge in [0.2, 0.25) is 0 Å². The van der Waals surface area contributed by atoms with Crippen molar-refractivity contribution in [1.29, 1.82) is 0 Å². The Morgan fingerprint density at radius 1 is 1.26 bits per heavy atom. The minimum atomic E-state index is -0.439. The monoisotopic (exact) mass is 270 g/mol. The van der Waals surface area contributed by atoms with Crippen LogP contribution in [0.4, 0.5) is 4.79 Å². The Labute approximate surface area is 115 Å². The van der Waals surface area contributed by atoms with Crippen molar-refractivity contribution >= 4 is 6.09 Å². The third-order valence-corrected chi connectivity index (χ3v) is 3.97. The van der Waals surface area contributed by atoms with Gasteiger partial charge in [-0.3, -0.25) is 0 Å². The average molecular weight is 270 g/mol. The van der Waals surface area contributed by atoms with E-state index in [2.05, 4.69) is 5.32 Å². The number of ether oxygens (including phenoxy) is 1. The number of nitrogens with one attached hydrogen (secondary N) is 1. The zero-order chi connectivity index (χ0) is 14.0. The SMILES string of the molecule is CC(C)(C)OC(=O)N1CCC([C@@H](O)C2CNC2)CC1. The fourth-order valence-corrected chi connectivity index (χ4v) is 2.69. The Hall–Kier alpha value is -0.810. The molecule has 0 bridgehead atoms. The summed E-state index contributed by atoms with van der Waals surface area (Å²) < 4.78 is 5.37. The van der Waals surface area contributed by atoms with Gasteiger partial charge in [-0.2, -0.15) is 0 Å². The van der Waals surface area contributed by atoms with Crippen molar-refractivity contribution in [1.82, 2.24) is 10.2 Å². The van der Waals surface area contributed by atoms with Crippen molar-refractivity contribution in [3.05, 3.63) is 0 Å². The smallest absolute Gasteiger partial charge is 0.410 e. The molecular formula is C14H26N2O3. The van der Waals surface area contributed by atoms with Crippen molar-refractivity contribution in [2.75, 3.05) is 26.2 Å². The van der Waals surface area contributed by atoms with Crippen molar-refractivity contribution in [2.24, 2.45) is 11.8 Å². The number of nitrogens with zero attached hydrogens (tertiary/aromatic N) is 1. The molecule has 2 saturated heterocycles. The number of amides is 1. The van der Waals surface area contributed by atoms with Gasteiger partial charge < -0.3 is 20.1 Å². The van der Waals surface area contributed by atoms with Crippen LogP contribution >= 0.6 is 0 Å². The number of hydrogen-bond acceptors (Lipinski definition) is 4. The Kier molecular flexibility index (Phi) is 4.36. The summed E-state index contributed by atoms with van der Waals surface area (Å²) in [7, 11) is 0. The van der Waals surface area contributed by atoms with E-state index in [1.165, 1.54) is 0 Å². The number of hydrogen-bond donors (Lipinski definition) is 2. The molecule has 1 amide bonds. The third-order valence-electron chi connectivity index (χ3n) is 3.97. The Balaban J connectivity index is 1.77. The molecule has 2 aliphatic heterocycles. The molecule has 2 N–H and O–H groups in total. The second-order valence-corrected chi connectivity index (χ2v) is 6.71. The lowest BCUT2D eigenvalue weighted by Gasteiger charge is -2.40. The van der Waals surface area contributed by atoms with Crippen LogP contribution in [-0.2, 0) is 4.74 Å². The van der Waals surface area contributed by atoms with E-state index < -0.39 is 5.60 Å². The lowest BCUT2D eigenvalue weighted by Crippen LogP contribution is -2.52. The molecule has 110 valence electrons. The second-order valence-electron chi connectivity index (χ2n) is 6.71. The lowest BCUT2D eigenvalue weighted by molar-refractivity contribution is -0.0128. The molecule has 5 nitrogen and oxygen atoms in total. The van der Waals surface area contributed by atoms with Gasteiger partial charge in [0.15, 0.2) is 0 Å². The summed E-state index contributed by atoms with van der Waals surface area (Å²) in [6.07, 6.45) is 1.29. The normalized spacial score (nSPS) is 23.9. The largest absolute Gasteiger partial charge is 0.444 e. The van der Waals surface area contributed by atoms with Crippen LogP contribution in [0.3, 0.4) is 0 Å². The number of carbonyl (C=O) groups excluding carboxylic acids is 1. The fraction of sp³-hybridized carbons (Fsp3) is 0.929. The van der Waals surface area contributed by atoms with Crippen LogP contribution in [0.25, 0.3) is 0 Å². The van der Waals surface area contributed by atoms with Crippen LogP contribution in [0.1, 0.15) is 33.6 Å². The molecule has 0 aromatic carbocycles. The summed E-state index contributed by atoms with van der Waals surface area (Å²) in [5, 5.41) is 13.4. The Morgan fingerprint density at radius 2 is 1.84 bits per heavy atom. The first-order chi connectivity index (χ1) is 8.87. The highest BCUT2D eigenvalue weighted by atomic mass is 16.6. The van der Waals surface area contributed by atoms with Crippen LogP contribution in [0.2, 0.25) is 0 Å². The molecule has 2 aliphatic rings. The first kappa shape index (κ1) is 14.6. The molecule has 0 unspecified atom stereocenters. The van der Waals surface area contributed by atoms with Crippen LogP contribution in [0.15, 0.2) is 0 Å². The van der Waals surface area contributed by atoms with Gasteiger partial charge in [-0.15, -0.1) is 0 Å². The van der Waals surface area contributed by atoms with E-state index in [-0.39, 0.29) is 12.2 Å². The van der Waals surface area contributed by atoms with Crippen molar-refractivity contribution in [3.63, 3.8) is 0 Å². The summed E-state index contributed by atoms with van der Waals surface area (Å²) in [5.74, 6) is 0.726. The molecule has 2 heterocycles. The van der Waals surface area contributed by atoms with Crippen LogP contribution < -0.4 is 5.32 Å². The maximum atomic E-state index is 11.9. The molecule has 19 heavy (non-hydrogen) atoms. The van der Waals surface area contributed by atoms with Gasteiger partial charge in [0, 0.05) is 32.1 Å². The van der Waals surface area contributed by atoms with Crippen molar-refractivity contribution in [2.45, 2.75) is 45.3 Å². The molecule has 0 spiro atoms. The van der Waals surface area contributed by atoms with Crippen LogP contribution in [0, 0.1) is 11.8 Å². The summed E-state index contributed by atoms with van der Waals surface area (Å²) in [6.45, 7) is 8.87. The van der Waals surface area contributed by atoms with Crippen LogP contribution in [-0.4, -0.2) is 54.0 Å². The van der Waals surface area contributed by atoms with Crippen molar-refractivity contribution < 1.29 is 14.6 Å². The van der Waals surface area contributed by atoms with E-state index in [9.17, 15) is 9.90 Å². The molecule has 0 radical (unpaired) electrons. The summed E-state index contributed by atoms with van der Waals surface area (Å²) >= 11 is 0. The molecule has 1 atom stereocenters. The molecule has 2 rings (SSSR count). The summed E-state index contributed by atoms with van der Waals surface area (Å²) in [5.41, 5.74) is -0.439. The van der Waals surface area contributed by atoms with Crippen LogP contribution in [0.5, 0.6) is 0 Å². The van der Waals surface area contributed by atoms with E-state index in [1.54, 1.807) is 4.90 Å². The zero-order valence-corrected chi connectivity index (χ0v) is 12.2. The number of carbonyl (C=O) groups is 1. The first-order valence-corrected chi connectivity index (χ1v) is 7.23. The number of likely N-dealkylation sites (tertiary alicyclic amines) is 1. The Bertz CT molecular complexity index is 315. The zero-order valence-electron chi connectivity index (χ0n) is 12.2. The standard InChI is InChI=1S/C14H26N2O3/c1-14(2,3)19-13(18)16-6-4-10(5-7-16)12(17)11-8-15-9-11/h10-12,15,17H,4-9H2,1-3H3/t12-/m1/s1. The van der Waals surface area contributed by atoms with Crippen molar-refractivity contribution in [3.8, 4) is 0 Å². The topological polar surface area (TPSA) is 61.8 Å². The van der Waals surface area contributed by atoms with E-state index in [1.807, 2.05) is 20.8 Å². The number of aliphatic hydroxyl groups is 1. The average Bonchev–Trinajstić information content (AvgIpc) is 2.24. The van der Waals surface area contributed by atoms with Gasteiger partial charge in [0.25, 0.3) is 0 Å². The lowest BCUT2D eigenvalue weighted by atomic mass is 9.82. The molecule has 0 aliphatic carbocycles. The Morgan fingerprint density at radius 3 is 2.26 bits per heavy atom. The van der Waals surface area contributed by atoms with E-state index in [0.717, 1.165) is 25.9 Å². The maximum Gasteiger partial charge on any atom is 0.410 e. The van der Waals surface area contributed by atoms with E-state index >= 15 is 0 Å². The van der Waals surface area contributed by atoms with Gasteiger partial charge in [-0.05, 0) is 39.5 Å². The summed E-state index contributed by atoms with van der Waals surface area (Å²) in [4.78, 5) is 13.7. The predicted molar refractivity (Wildman–Crippen MR) is 72.9 cm³/mol. The quantitative estimate of drug-likeness (QED) is 0.792. The number of rotatable bonds is 2. The number of piperidine rings is 1. The third kappa shape index (κ3) is 3.83.